The zero-order chi connectivity index (χ0) is 11.5. The molecule has 0 spiro atoms. The molecule has 1 heterocycles. The van der Waals surface area contributed by atoms with Gasteiger partial charge in [-0.15, -0.1) is 0 Å². The molecule has 0 radical (unpaired) electrons. The molecule has 0 aromatic heterocycles. The number of nitrogens with two attached hydrogens (primary N) is 1. The number of nitrogens with zero attached hydrogens (tertiary/aromatic N) is 1. The Morgan fingerprint density at radius 3 is 2.80 bits per heavy atom. The van der Waals surface area contributed by atoms with Gasteiger partial charge in [-0.3, -0.25) is 4.79 Å². The highest BCUT2D eigenvalue weighted by molar-refractivity contribution is 5.85. The second-order valence-electron chi connectivity index (χ2n) is 4.89. The molecular weight excluding hydrogens is 190 g/mol. The van der Waals surface area contributed by atoms with E-state index in [-0.39, 0.29) is 11.9 Å². The summed E-state index contributed by atoms with van der Waals surface area (Å²) in [6.07, 6.45) is 2.71. The Hall–Kier alpha value is -0.610. The van der Waals surface area contributed by atoms with Crippen molar-refractivity contribution in [3.8, 4) is 0 Å². The van der Waals surface area contributed by atoms with Crippen LogP contribution in [0.2, 0.25) is 0 Å². The lowest BCUT2D eigenvalue weighted by atomic mass is 9.96. The van der Waals surface area contributed by atoms with E-state index in [0.717, 1.165) is 32.4 Å². The summed E-state index contributed by atoms with van der Waals surface area (Å²) in [4.78, 5) is 14.1. The van der Waals surface area contributed by atoms with Crippen molar-refractivity contribution >= 4 is 5.91 Å². The number of carbonyl (C=O) groups is 1. The van der Waals surface area contributed by atoms with E-state index >= 15 is 0 Å². The minimum absolute atomic E-state index is 0.00958. The average Bonchev–Trinajstić information content (AvgIpc) is 2.51. The second-order valence-corrected chi connectivity index (χ2v) is 4.89. The molecule has 0 aliphatic carbocycles. The van der Waals surface area contributed by atoms with Crippen LogP contribution in [-0.4, -0.2) is 42.5 Å². The highest BCUT2D eigenvalue weighted by Crippen LogP contribution is 2.11. The number of rotatable bonds is 4. The lowest BCUT2D eigenvalue weighted by molar-refractivity contribution is -0.126. The molecule has 4 heteroatoms. The minimum atomic E-state index is -0.712. The molecule has 0 bridgehead atoms. The normalized spacial score (nSPS) is 26.3. The first-order valence-electron chi connectivity index (χ1n) is 5.74. The number of likely N-dealkylation sites (tertiary alicyclic amines) is 1. The summed E-state index contributed by atoms with van der Waals surface area (Å²) in [5.74, 6) is -0.00958. The molecule has 15 heavy (non-hydrogen) atoms. The molecule has 88 valence electrons. The van der Waals surface area contributed by atoms with E-state index < -0.39 is 5.54 Å². The van der Waals surface area contributed by atoms with Gasteiger partial charge in [0.2, 0.25) is 5.91 Å². The van der Waals surface area contributed by atoms with E-state index in [9.17, 15) is 4.79 Å². The summed E-state index contributed by atoms with van der Waals surface area (Å²) >= 11 is 0. The lowest BCUT2D eigenvalue weighted by Gasteiger charge is -2.25. The number of hydrogen-bond acceptors (Lipinski definition) is 3. The number of hydrogen-bond donors (Lipinski definition) is 2. The van der Waals surface area contributed by atoms with Crippen LogP contribution in [0.3, 0.4) is 0 Å². The Kier molecular flexibility index (Phi) is 4.11. The molecule has 3 N–H and O–H groups in total. The summed E-state index contributed by atoms with van der Waals surface area (Å²) in [5, 5.41) is 3.03. The second kappa shape index (κ2) is 4.94. The molecule has 4 nitrogen and oxygen atoms in total. The van der Waals surface area contributed by atoms with Gasteiger partial charge in [-0.1, -0.05) is 13.3 Å². The van der Waals surface area contributed by atoms with E-state index in [1.807, 2.05) is 13.8 Å². The smallest absolute Gasteiger partial charge is 0.240 e. The first-order chi connectivity index (χ1) is 6.95. The van der Waals surface area contributed by atoms with E-state index in [1.165, 1.54) is 0 Å². The SMILES string of the molecule is CCCC(C)(N)C(=O)NC1CCN(C)C1. The molecule has 0 aromatic carbocycles. The molecule has 2 unspecified atom stereocenters. The van der Waals surface area contributed by atoms with Crippen LogP contribution < -0.4 is 11.1 Å². The molecule has 0 aromatic rings. The fourth-order valence-corrected chi connectivity index (χ4v) is 2.04. The van der Waals surface area contributed by atoms with E-state index in [2.05, 4.69) is 17.3 Å². The average molecular weight is 213 g/mol. The van der Waals surface area contributed by atoms with Crippen molar-refractivity contribution in [2.75, 3.05) is 20.1 Å². The number of carbonyl (C=O) groups excluding carboxylic acids is 1. The molecule has 1 aliphatic rings. The highest BCUT2D eigenvalue weighted by atomic mass is 16.2. The monoisotopic (exact) mass is 213 g/mol. The number of nitrogens with one attached hydrogen (secondary N) is 1. The van der Waals surface area contributed by atoms with Crippen LogP contribution in [-0.2, 0) is 4.79 Å². The van der Waals surface area contributed by atoms with Crippen molar-refractivity contribution in [1.29, 1.82) is 0 Å². The van der Waals surface area contributed by atoms with Crippen molar-refractivity contribution in [2.24, 2.45) is 5.73 Å². The van der Waals surface area contributed by atoms with Crippen LogP contribution in [0.4, 0.5) is 0 Å². The summed E-state index contributed by atoms with van der Waals surface area (Å²) in [5.41, 5.74) is 5.25. The standard InChI is InChI=1S/C11H23N3O/c1-4-6-11(2,12)10(15)13-9-5-7-14(3)8-9/h9H,4-8,12H2,1-3H3,(H,13,15). The molecule has 1 rings (SSSR count). The van der Waals surface area contributed by atoms with Crippen LogP contribution in [0.5, 0.6) is 0 Å². The fourth-order valence-electron chi connectivity index (χ4n) is 2.04. The third-order valence-corrected chi connectivity index (χ3v) is 3.01. The van der Waals surface area contributed by atoms with Crippen molar-refractivity contribution in [3.05, 3.63) is 0 Å². The first-order valence-corrected chi connectivity index (χ1v) is 5.74. The van der Waals surface area contributed by atoms with Crippen LogP contribution in [0.1, 0.15) is 33.1 Å². The van der Waals surface area contributed by atoms with Gasteiger partial charge in [0.25, 0.3) is 0 Å². The van der Waals surface area contributed by atoms with Gasteiger partial charge in [0.15, 0.2) is 0 Å². The van der Waals surface area contributed by atoms with Crippen LogP contribution in [0.25, 0.3) is 0 Å². The van der Waals surface area contributed by atoms with Gasteiger partial charge in [-0.2, -0.15) is 0 Å². The summed E-state index contributed by atoms with van der Waals surface area (Å²) < 4.78 is 0. The van der Waals surface area contributed by atoms with Crippen molar-refractivity contribution in [1.82, 2.24) is 10.2 Å². The molecule has 1 aliphatic heterocycles. The fraction of sp³-hybridized carbons (Fsp3) is 0.909. The van der Waals surface area contributed by atoms with Crippen LogP contribution in [0, 0.1) is 0 Å². The van der Waals surface area contributed by atoms with Crippen molar-refractivity contribution in [3.63, 3.8) is 0 Å². The Bertz CT molecular complexity index is 228. The molecular formula is C11H23N3O. The third kappa shape index (κ3) is 3.47. The maximum atomic E-state index is 11.9. The Labute approximate surface area is 92.2 Å². The van der Waals surface area contributed by atoms with Gasteiger partial charge in [-0.05, 0) is 33.4 Å². The Morgan fingerprint density at radius 1 is 1.67 bits per heavy atom. The van der Waals surface area contributed by atoms with Gasteiger partial charge in [0.05, 0.1) is 5.54 Å². The van der Waals surface area contributed by atoms with Crippen LogP contribution in [0.15, 0.2) is 0 Å². The number of likely N-dealkylation sites (N-methyl/N-ethyl adjacent to an activating group) is 1. The maximum absolute atomic E-state index is 11.9. The summed E-state index contributed by atoms with van der Waals surface area (Å²) in [7, 11) is 2.07. The van der Waals surface area contributed by atoms with Crippen molar-refractivity contribution < 1.29 is 4.79 Å². The minimum Gasteiger partial charge on any atom is -0.350 e. The lowest BCUT2D eigenvalue weighted by Crippen LogP contribution is -2.54. The molecule has 0 saturated carbocycles. The van der Waals surface area contributed by atoms with Gasteiger partial charge in [0, 0.05) is 12.6 Å². The van der Waals surface area contributed by atoms with E-state index in [1.54, 1.807) is 0 Å². The molecule has 1 saturated heterocycles. The molecule has 2 atom stereocenters. The third-order valence-electron chi connectivity index (χ3n) is 3.01. The quantitative estimate of drug-likeness (QED) is 0.707. The van der Waals surface area contributed by atoms with Crippen LogP contribution >= 0.6 is 0 Å². The van der Waals surface area contributed by atoms with Crippen molar-refractivity contribution in [2.45, 2.75) is 44.7 Å². The van der Waals surface area contributed by atoms with Gasteiger partial charge in [0.1, 0.15) is 0 Å². The summed E-state index contributed by atoms with van der Waals surface area (Å²) in [6, 6.07) is 0.280. The zero-order valence-electron chi connectivity index (χ0n) is 10.0. The maximum Gasteiger partial charge on any atom is 0.240 e. The molecule has 1 amide bonds. The Morgan fingerprint density at radius 2 is 2.33 bits per heavy atom. The topological polar surface area (TPSA) is 58.4 Å². The predicted octanol–water partition coefficient (Wildman–Crippen LogP) is 0.324. The van der Waals surface area contributed by atoms with Gasteiger partial charge in [-0.25, -0.2) is 0 Å². The van der Waals surface area contributed by atoms with Gasteiger partial charge >= 0.3 is 0 Å². The number of amides is 1. The Balaban J connectivity index is 2.41. The van der Waals surface area contributed by atoms with Gasteiger partial charge < -0.3 is 16.0 Å². The molecule has 1 fully saturated rings. The largest absolute Gasteiger partial charge is 0.350 e. The predicted molar refractivity (Wildman–Crippen MR) is 61.5 cm³/mol. The first kappa shape index (κ1) is 12.5. The van der Waals surface area contributed by atoms with E-state index in [4.69, 9.17) is 5.73 Å². The highest BCUT2D eigenvalue weighted by Gasteiger charge is 2.30. The summed E-state index contributed by atoms with van der Waals surface area (Å²) in [6.45, 7) is 5.85. The zero-order valence-corrected chi connectivity index (χ0v) is 10.0. The van der Waals surface area contributed by atoms with E-state index in [0.29, 0.717) is 0 Å².